The summed E-state index contributed by atoms with van der Waals surface area (Å²) in [5.74, 6) is -0.179. The summed E-state index contributed by atoms with van der Waals surface area (Å²) in [6, 6.07) is 7.16. The molecule has 1 aromatic carbocycles. The zero-order chi connectivity index (χ0) is 13.4. The molecule has 5 heteroatoms. The molecule has 3 N–H and O–H groups in total. The van der Waals surface area contributed by atoms with Gasteiger partial charge < -0.3 is 20.4 Å². The predicted octanol–water partition coefficient (Wildman–Crippen LogP) is 0.545. The maximum absolute atomic E-state index is 12.1. The van der Waals surface area contributed by atoms with Crippen LogP contribution in [0.15, 0.2) is 24.3 Å². The highest BCUT2D eigenvalue weighted by Crippen LogP contribution is 2.11. The Morgan fingerprint density at radius 3 is 2.17 bits per heavy atom. The largest absolute Gasteiger partial charge is 0.395 e. The number of benzene rings is 1. The summed E-state index contributed by atoms with van der Waals surface area (Å²) in [5.41, 5.74) is 1.52. The van der Waals surface area contributed by atoms with E-state index in [1.807, 2.05) is 19.1 Å². The van der Waals surface area contributed by atoms with Crippen molar-refractivity contribution >= 4 is 11.6 Å². The van der Waals surface area contributed by atoms with E-state index < -0.39 is 0 Å². The third-order valence-electron chi connectivity index (χ3n) is 2.54. The molecule has 0 radical (unpaired) electrons. The van der Waals surface area contributed by atoms with Crippen molar-refractivity contribution in [2.24, 2.45) is 0 Å². The molecule has 0 aliphatic rings. The quantitative estimate of drug-likeness (QED) is 0.662. The number of nitrogens with one attached hydrogen (secondary N) is 1. The lowest BCUT2D eigenvalue weighted by atomic mass is 10.1. The van der Waals surface area contributed by atoms with Gasteiger partial charge in [-0.25, -0.2) is 0 Å². The molecule has 100 valence electrons. The first-order valence-corrected chi connectivity index (χ1v) is 6.07. The standard InChI is InChI=1S/C13H20N2O3/c1-2-14-12-5-3-11(4-6-12)13(18)15(7-9-16)8-10-17/h3-6,14,16-17H,2,7-10H2,1H3. The van der Waals surface area contributed by atoms with E-state index in [-0.39, 0.29) is 32.2 Å². The van der Waals surface area contributed by atoms with Crippen molar-refractivity contribution in [2.45, 2.75) is 6.92 Å². The molecule has 0 aromatic heterocycles. The Morgan fingerprint density at radius 1 is 1.17 bits per heavy atom. The molecule has 1 rings (SSSR count). The van der Waals surface area contributed by atoms with Gasteiger partial charge in [0.05, 0.1) is 13.2 Å². The summed E-state index contributed by atoms with van der Waals surface area (Å²) < 4.78 is 0. The fourth-order valence-electron chi connectivity index (χ4n) is 1.67. The monoisotopic (exact) mass is 252 g/mol. The van der Waals surface area contributed by atoms with Crippen molar-refractivity contribution in [1.29, 1.82) is 0 Å². The number of nitrogens with zero attached hydrogens (tertiary/aromatic N) is 1. The number of rotatable bonds is 7. The topological polar surface area (TPSA) is 72.8 Å². The van der Waals surface area contributed by atoms with E-state index in [0.29, 0.717) is 5.56 Å². The van der Waals surface area contributed by atoms with E-state index in [2.05, 4.69) is 5.32 Å². The van der Waals surface area contributed by atoms with E-state index in [1.54, 1.807) is 12.1 Å². The van der Waals surface area contributed by atoms with Crippen molar-refractivity contribution in [3.8, 4) is 0 Å². The molecule has 1 amide bonds. The third kappa shape index (κ3) is 4.01. The molecule has 5 nitrogen and oxygen atoms in total. The first kappa shape index (κ1) is 14.5. The van der Waals surface area contributed by atoms with Crippen LogP contribution in [0.25, 0.3) is 0 Å². The normalized spacial score (nSPS) is 10.2. The Bertz CT molecular complexity index is 359. The minimum Gasteiger partial charge on any atom is -0.395 e. The van der Waals surface area contributed by atoms with E-state index in [4.69, 9.17) is 10.2 Å². The number of carbonyl (C=O) groups is 1. The number of amides is 1. The van der Waals surface area contributed by atoms with Gasteiger partial charge >= 0.3 is 0 Å². The Morgan fingerprint density at radius 2 is 1.72 bits per heavy atom. The van der Waals surface area contributed by atoms with E-state index in [9.17, 15) is 4.79 Å². The molecule has 1 aromatic rings. The first-order chi connectivity index (χ1) is 8.72. The number of hydrogen-bond acceptors (Lipinski definition) is 4. The summed E-state index contributed by atoms with van der Waals surface area (Å²) in [6.45, 7) is 3.07. The van der Waals surface area contributed by atoms with Gasteiger partial charge in [-0.2, -0.15) is 0 Å². The molecular formula is C13H20N2O3. The SMILES string of the molecule is CCNc1ccc(C(=O)N(CCO)CCO)cc1. The van der Waals surface area contributed by atoms with Crippen LogP contribution in [0.1, 0.15) is 17.3 Å². The number of hydrogen-bond donors (Lipinski definition) is 3. The molecule has 0 saturated heterocycles. The zero-order valence-corrected chi connectivity index (χ0v) is 10.6. The van der Waals surface area contributed by atoms with Crippen LogP contribution in [0.3, 0.4) is 0 Å². The fourth-order valence-corrected chi connectivity index (χ4v) is 1.67. The molecule has 0 heterocycles. The van der Waals surface area contributed by atoms with E-state index >= 15 is 0 Å². The molecule has 0 aliphatic carbocycles. The minimum atomic E-state index is -0.179. The zero-order valence-electron chi connectivity index (χ0n) is 10.6. The average Bonchev–Trinajstić information content (AvgIpc) is 2.39. The van der Waals surface area contributed by atoms with Gasteiger partial charge in [-0.15, -0.1) is 0 Å². The smallest absolute Gasteiger partial charge is 0.254 e. The lowest BCUT2D eigenvalue weighted by molar-refractivity contribution is 0.0685. The number of carbonyl (C=O) groups excluding carboxylic acids is 1. The second kappa shape index (κ2) is 7.68. The molecule has 0 atom stereocenters. The molecule has 0 unspecified atom stereocenters. The van der Waals surface area contributed by atoms with Crippen LogP contribution in [0, 0.1) is 0 Å². The highest BCUT2D eigenvalue weighted by atomic mass is 16.3. The van der Waals surface area contributed by atoms with Crippen LogP contribution in [0.2, 0.25) is 0 Å². The summed E-state index contributed by atoms with van der Waals surface area (Å²) >= 11 is 0. The lowest BCUT2D eigenvalue weighted by Crippen LogP contribution is -2.35. The van der Waals surface area contributed by atoms with E-state index in [1.165, 1.54) is 4.90 Å². The van der Waals surface area contributed by atoms with Crippen LogP contribution in [-0.4, -0.2) is 53.9 Å². The number of aliphatic hydroxyl groups is 2. The van der Waals surface area contributed by atoms with Gasteiger partial charge in [0.25, 0.3) is 5.91 Å². The van der Waals surface area contributed by atoms with Gasteiger partial charge in [-0.3, -0.25) is 4.79 Å². The Kier molecular flexibility index (Phi) is 6.18. The van der Waals surface area contributed by atoms with Crippen LogP contribution in [0.5, 0.6) is 0 Å². The van der Waals surface area contributed by atoms with Crippen molar-refractivity contribution in [2.75, 3.05) is 38.2 Å². The summed E-state index contributed by atoms with van der Waals surface area (Å²) in [7, 11) is 0. The second-order valence-corrected chi connectivity index (χ2v) is 3.85. The second-order valence-electron chi connectivity index (χ2n) is 3.85. The molecule has 0 saturated carbocycles. The van der Waals surface area contributed by atoms with Crippen molar-refractivity contribution in [3.05, 3.63) is 29.8 Å². The van der Waals surface area contributed by atoms with E-state index in [0.717, 1.165) is 12.2 Å². The fraction of sp³-hybridized carbons (Fsp3) is 0.462. The van der Waals surface area contributed by atoms with Crippen LogP contribution >= 0.6 is 0 Å². The highest BCUT2D eigenvalue weighted by Gasteiger charge is 2.14. The maximum Gasteiger partial charge on any atom is 0.254 e. The maximum atomic E-state index is 12.1. The first-order valence-electron chi connectivity index (χ1n) is 6.07. The molecule has 0 fully saturated rings. The molecule has 18 heavy (non-hydrogen) atoms. The average molecular weight is 252 g/mol. The lowest BCUT2D eigenvalue weighted by Gasteiger charge is -2.20. The predicted molar refractivity (Wildman–Crippen MR) is 70.7 cm³/mol. The van der Waals surface area contributed by atoms with Crippen molar-refractivity contribution in [1.82, 2.24) is 4.90 Å². The summed E-state index contributed by atoms with van der Waals surface area (Å²) in [4.78, 5) is 13.5. The molecule has 0 spiro atoms. The van der Waals surface area contributed by atoms with Gasteiger partial charge in [0, 0.05) is 30.9 Å². The van der Waals surface area contributed by atoms with Crippen LogP contribution < -0.4 is 5.32 Å². The van der Waals surface area contributed by atoms with Crippen molar-refractivity contribution < 1.29 is 15.0 Å². The van der Waals surface area contributed by atoms with Crippen LogP contribution in [-0.2, 0) is 0 Å². The summed E-state index contributed by atoms with van der Waals surface area (Å²) in [5, 5.41) is 20.9. The molecule has 0 aliphatic heterocycles. The Hall–Kier alpha value is -1.59. The van der Waals surface area contributed by atoms with Gasteiger partial charge in [-0.05, 0) is 31.2 Å². The highest BCUT2D eigenvalue weighted by molar-refractivity contribution is 5.94. The van der Waals surface area contributed by atoms with Gasteiger partial charge in [-0.1, -0.05) is 0 Å². The number of anilines is 1. The van der Waals surface area contributed by atoms with Gasteiger partial charge in [0.1, 0.15) is 0 Å². The van der Waals surface area contributed by atoms with Gasteiger partial charge in [0.15, 0.2) is 0 Å². The van der Waals surface area contributed by atoms with Gasteiger partial charge in [0.2, 0.25) is 0 Å². The van der Waals surface area contributed by atoms with Crippen LogP contribution in [0.4, 0.5) is 5.69 Å². The molecular weight excluding hydrogens is 232 g/mol. The summed E-state index contributed by atoms with van der Waals surface area (Å²) in [6.07, 6.45) is 0. The third-order valence-corrected chi connectivity index (χ3v) is 2.54. The minimum absolute atomic E-state index is 0.110. The Balaban J connectivity index is 2.74. The van der Waals surface area contributed by atoms with Crippen molar-refractivity contribution in [3.63, 3.8) is 0 Å². The Labute approximate surface area is 107 Å². The molecule has 0 bridgehead atoms. The number of aliphatic hydroxyl groups excluding tert-OH is 2.